The molecule has 2 fully saturated rings. The van der Waals surface area contributed by atoms with Gasteiger partial charge >= 0.3 is 0 Å². The van der Waals surface area contributed by atoms with Crippen LogP contribution in [-0.4, -0.2) is 61.0 Å². The molecule has 2 amide bonds. The van der Waals surface area contributed by atoms with Gasteiger partial charge in [-0.05, 0) is 40.8 Å². The maximum atomic E-state index is 13.4. The Morgan fingerprint density at radius 3 is 2.49 bits per heavy atom. The van der Waals surface area contributed by atoms with Crippen LogP contribution in [0.3, 0.4) is 0 Å². The van der Waals surface area contributed by atoms with Gasteiger partial charge in [0.1, 0.15) is 0 Å². The zero-order chi connectivity index (χ0) is 24.0. The molecule has 0 saturated carbocycles. The number of carbonyl (C=O) groups is 2. The molecule has 1 N–H and O–H groups in total. The molecule has 2 saturated heterocycles. The fourth-order valence-corrected chi connectivity index (χ4v) is 5.17. The summed E-state index contributed by atoms with van der Waals surface area (Å²) < 4.78 is 5.46. The van der Waals surface area contributed by atoms with Gasteiger partial charge in [-0.15, -0.1) is 0 Å². The number of piperidine rings is 1. The molecule has 0 unspecified atom stereocenters. The van der Waals surface area contributed by atoms with Gasteiger partial charge in [0.25, 0.3) is 5.91 Å². The van der Waals surface area contributed by atoms with Crippen LogP contribution in [0.4, 0.5) is 0 Å². The maximum Gasteiger partial charge on any atom is 0.254 e. The zero-order valence-corrected chi connectivity index (χ0v) is 20.1. The number of rotatable bonds is 6. The zero-order valence-electron chi connectivity index (χ0n) is 20.1. The van der Waals surface area contributed by atoms with Gasteiger partial charge in [-0.3, -0.25) is 14.5 Å². The number of likely N-dealkylation sites (tertiary alicyclic amines) is 1. The monoisotopic (exact) mass is 471 g/mol. The second kappa shape index (κ2) is 11.0. The van der Waals surface area contributed by atoms with Crippen molar-refractivity contribution in [2.75, 3.05) is 39.4 Å². The fourth-order valence-electron chi connectivity index (χ4n) is 5.17. The Labute approximate surface area is 206 Å². The molecule has 3 aromatic rings. The first-order chi connectivity index (χ1) is 17.2. The number of ether oxygens (including phenoxy) is 1. The van der Waals surface area contributed by atoms with Crippen molar-refractivity contribution in [3.8, 4) is 0 Å². The van der Waals surface area contributed by atoms with Gasteiger partial charge in [0.05, 0.1) is 19.1 Å². The van der Waals surface area contributed by atoms with Crippen molar-refractivity contribution >= 4 is 22.6 Å². The number of carbonyl (C=O) groups excluding carboxylic acids is 2. The number of nitrogens with one attached hydrogen (secondary N) is 1. The van der Waals surface area contributed by atoms with Crippen LogP contribution >= 0.6 is 0 Å². The van der Waals surface area contributed by atoms with Crippen molar-refractivity contribution in [1.82, 2.24) is 15.1 Å². The van der Waals surface area contributed by atoms with E-state index in [2.05, 4.69) is 28.4 Å². The second-order valence-corrected chi connectivity index (χ2v) is 9.49. The quantitative estimate of drug-likeness (QED) is 0.594. The van der Waals surface area contributed by atoms with Gasteiger partial charge in [-0.25, -0.2) is 0 Å². The smallest absolute Gasteiger partial charge is 0.254 e. The van der Waals surface area contributed by atoms with Gasteiger partial charge in [0, 0.05) is 44.8 Å². The summed E-state index contributed by atoms with van der Waals surface area (Å²) in [5.41, 5.74) is 3.10. The number of nitrogens with zero attached hydrogens (tertiary/aromatic N) is 2. The number of benzene rings is 3. The second-order valence-electron chi connectivity index (χ2n) is 9.49. The standard InChI is InChI=1S/C29H33N3O3/c33-28(30-19-23-8-1-2-9-24(23)20-31-15-17-35-18-16-31)25-11-6-14-32(21-25)29(34)27-13-5-10-22-7-3-4-12-26(22)27/h1-5,7-10,12-13,25H,6,11,14-21H2,(H,30,33)/t25-/m0/s1. The molecule has 2 heterocycles. The highest BCUT2D eigenvalue weighted by molar-refractivity contribution is 6.07. The van der Waals surface area contributed by atoms with Crippen LogP contribution in [0.2, 0.25) is 0 Å². The Kier molecular flexibility index (Phi) is 7.40. The van der Waals surface area contributed by atoms with E-state index < -0.39 is 0 Å². The molecule has 1 atom stereocenters. The molecule has 2 aliphatic heterocycles. The first-order valence-electron chi connectivity index (χ1n) is 12.6. The van der Waals surface area contributed by atoms with Crippen LogP contribution in [0.1, 0.15) is 34.3 Å². The van der Waals surface area contributed by atoms with E-state index in [1.165, 1.54) is 5.56 Å². The van der Waals surface area contributed by atoms with Crippen molar-refractivity contribution in [2.24, 2.45) is 5.92 Å². The summed E-state index contributed by atoms with van der Waals surface area (Å²) in [5.74, 6) is -0.147. The van der Waals surface area contributed by atoms with Crippen molar-refractivity contribution < 1.29 is 14.3 Å². The van der Waals surface area contributed by atoms with E-state index in [0.29, 0.717) is 25.2 Å². The van der Waals surface area contributed by atoms with Crippen molar-refractivity contribution in [3.63, 3.8) is 0 Å². The molecule has 0 radical (unpaired) electrons. The summed E-state index contributed by atoms with van der Waals surface area (Å²) in [6, 6.07) is 22.1. The minimum Gasteiger partial charge on any atom is -0.379 e. The molecule has 6 nitrogen and oxygen atoms in total. The van der Waals surface area contributed by atoms with Crippen LogP contribution in [-0.2, 0) is 22.6 Å². The SMILES string of the molecule is O=C(NCc1ccccc1CN1CCOCC1)[C@H]1CCCN(C(=O)c2cccc3ccccc23)C1. The lowest BCUT2D eigenvalue weighted by Gasteiger charge is -2.32. The summed E-state index contributed by atoms with van der Waals surface area (Å²) in [6.07, 6.45) is 1.64. The highest BCUT2D eigenvalue weighted by Crippen LogP contribution is 2.24. The lowest BCUT2D eigenvalue weighted by Crippen LogP contribution is -2.45. The van der Waals surface area contributed by atoms with E-state index in [-0.39, 0.29) is 17.7 Å². The molecule has 6 heteroatoms. The third-order valence-corrected chi connectivity index (χ3v) is 7.17. The van der Waals surface area contributed by atoms with E-state index in [9.17, 15) is 9.59 Å². The summed E-state index contributed by atoms with van der Waals surface area (Å²) in [5, 5.41) is 5.17. The summed E-state index contributed by atoms with van der Waals surface area (Å²) >= 11 is 0. The Balaban J connectivity index is 1.21. The van der Waals surface area contributed by atoms with Crippen LogP contribution in [0.25, 0.3) is 10.8 Å². The third-order valence-electron chi connectivity index (χ3n) is 7.17. The van der Waals surface area contributed by atoms with E-state index in [1.807, 2.05) is 53.4 Å². The van der Waals surface area contributed by atoms with E-state index >= 15 is 0 Å². The lowest BCUT2D eigenvalue weighted by atomic mass is 9.95. The van der Waals surface area contributed by atoms with E-state index in [0.717, 1.165) is 62.0 Å². The van der Waals surface area contributed by atoms with Crippen molar-refractivity contribution in [1.29, 1.82) is 0 Å². The normalized spacial score (nSPS) is 19.0. The summed E-state index contributed by atoms with van der Waals surface area (Å²) in [7, 11) is 0. The number of fused-ring (bicyclic) bond motifs is 1. The van der Waals surface area contributed by atoms with Crippen LogP contribution in [0.5, 0.6) is 0 Å². The molecule has 3 aromatic carbocycles. The molecular formula is C29H33N3O3. The molecule has 0 aliphatic carbocycles. The molecule has 0 bridgehead atoms. The lowest BCUT2D eigenvalue weighted by molar-refractivity contribution is -0.126. The molecular weight excluding hydrogens is 438 g/mol. The molecule has 182 valence electrons. The highest BCUT2D eigenvalue weighted by atomic mass is 16.5. The van der Waals surface area contributed by atoms with Crippen LogP contribution < -0.4 is 5.32 Å². The molecule has 2 aliphatic rings. The molecule has 0 spiro atoms. The van der Waals surface area contributed by atoms with Crippen LogP contribution in [0.15, 0.2) is 66.7 Å². The average molecular weight is 472 g/mol. The molecule has 0 aromatic heterocycles. The highest BCUT2D eigenvalue weighted by Gasteiger charge is 2.29. The first-order valence-corrected chi connectivity index (χ1v) is 12.6. The molecule has 35 heavy (non-hydrogen) atoms. The van der Waals surface area contributed by atoms with Gasteiger partial charge in [0.2, 0.25) is 5.91 Å². The van der Waals surface area contributed by atoms with Gasteiger partial charge in [-0.2, -0.15) is 0 Å². The van der Waals surface area contributed by atoms with Gasteiger partial charge in [-0.1, -0.05) is 60.7 Å². The number of morpholine rings is 1. The molecule has 5 rings (SSSR count). The van der Waals surface area contributed by atoms with Gasteiger partial charge < -0.3 is 15.0 Å². The minimum absolute atomic E-state index is 0.00940. The first kappa shape index (κ1) is 23.5. The predicted octanol–water partition coefficient (Wildman–Crippen LogP) is 3.84. The fraction of sp³-hybridized carbons (Fsp3) is 0.379. The van der Waals surface area contributed by atoms with Gasteiger partial charge in [0.15, 0.2) is 0 Å². The topological polar surface area (TPSA) is 61.9 Å². The maximum absolute atomic E-state index is 13.4. The number of hydrogen-bond acceptors (Lipinski definition) is 4. The van der Waals surface area contributed by atoms with E-state index in [1.54, 1.807) is 0 Å². The summed E-state index contributed by atoms with van der Waals surface area (Å²) in [4.78, 5) is 30.7. The summed E-state index contributed by atoms with van der Waals surface area (Å²) in [6.45, 7) is 5.94. The largest absolute Gasteiger partial charge is 0.379 e. The Bertz CT molecular complexity index is 1180. The Morgan fingerprint density at radius 2 is 1.63 bits per heavy atom. The van der Waals surface area contributed by atoms with E-state index in [4.69, 9.17) is 4.74 Å². The van der Waals surface area contributed by atoms with Crippen molar-refractivity contribution in [3.05, 3.63) is 83.4 Å². The van der Waals surface area contributed by atoms with Crippen molar-refractivity contribution in [2.45, 2.75) is 25.9 Å². The predicted molar refractivity (Wildman–Crippen MR) is 137 cm³/mol. The number of hydrogen-bond donors (Lipinski definition) is 1. The number of amides is 2. The third kappa shape index (κ3) is 5.55. The Hall–Kier alpha value is -3.22. The average Bonchev–Trinajstić information content (AvgIpc) is 2.92. The van der Waals surface area contributed by atoms with Crippen LogP contribution in [0, 0.1) is 5.92 Å². The minimum atomic E-state index is -0.186. The Morgan fingerprint density at radius 1 is 0.886 bits per heavy atom.